The molecule has 0 amide bonds. The van der Waals surface area contributed by atoms with E-state index in [0.717, 1.165) is 12.8 Å². The first-order valence-electron chi connectivity index (χ1n) is 13.1. The van der Waals surface area contributed by atoms with Crippen molar-refractivity contribution >= 4 is 11.9 Å². The third-order valence-electron chi connectivity index (χ3n) is 5.46. The fourth-order valence-corrected chi connectivity index (χ4v) is 3.64. The van der Waals surface area contributed by atoms with Crippen LogP contribution in [0.4, 0.5) is 0 Å². The van der Waals surface area contributed by atoms with Crippen molar-refractivity contribution < 1.29 is 23.8 Å². The van der Waals surface area contributed by atoms with Crippen molar-refractivity contribution in [3.05, 3.63) is 24.3 Å². The minimum Gasteiger partial charge on any atom is -0.487 e. The number of carbonyl (C=O) groups is 2. The Labute approximate surface area is 201 Å². The third-order valence-corrected chi connectivity index (χ3v) is 5.46. The molecule has 0 aliphatic rings. The Bertz CT molecular complexity index is 641. The first-order chi connectivity index (χ1) is 16.0. The van der Waals surface area contributed by atoms with Gasteiger partial charge in [0, 0.05) is 12.8 Å². The highest BCUT2D eigenvalue weighted by Gasteiger charge is 2.12. The van der Waals surface area contributed by atoms with E-state index in [2.05, 4.69) is 6.92 Å². The van der Waals surface area contributed by atoms with Crippen LogP contribution in [0.1, 0.15) is 117 Å². The molecule has 0 fully saturated rings. The number of rotatable bonds is 20. The van der Waals surface area contributed by atoms with Crippen molar-refractivity contribution in [2.75, 3.05) is 6.61 Å². The van der Waals surface area contributed by atoms with Gasteiger partial charge >= 0.3 is 11.9 Å². The lowest BCUT2D eigenvalue weighted by atomic mass is 10.1. The lowest BCUT2D eigenvalue weighted by molar-refractivity contribution is -0.144. The van der Waals surface area contributed by atoms with E-state index < -0.39 is 0 Å². The standard InChI is InChI=1S/C28H46O5/c1-4-5-6-7-8-9-10-11-12-13-14-17-23-31-27(29)21-18-22-28(30)33-26-20-16-15-19-25(26)32-24(2)3/h15-16,19-20,24H,4-14,17-18,21-23H2,1-3H3. The van der Waals surface area contributed by atoms with Crippen LogP contribution in [0.15, 0.2) is 24.3 Å². The van der Waals surface area contributed by atoms with Crippen molar-refractivity contribution in [3.63, 3.8) is 0 Å². The highest BCUT2D eigenvalue weighted by Crippen LogP contribution is 2.27. The van der Waals surface area contributed by atoms with E-state index in [4.69, 9.17) is 14.2 Å². The van der Waals surface area contributed by atoms with E-state index in [1.807, 2.05) is 19.9 Å². The zero-order chi connectivity index (χ0) is 24.2. The Morgan fingerprint density at radius 1 is 0.697 bits per heavy atom. The van der Waals surface area contributed by atoms with Crippen LogP contribution in [0.3, 0.4) is 0 Å². The summed E-state index contributed by atoms with van der Waals surface area (Å²) < 4.78 is 16.3. The predicted molar refractivity (Wildman–Crippen MR) is 134 cm³/mol. The van der Waals surface area contributed by atoms with Gasteiger partial charge in [-0.05, 0) is 38.8 Å². The Morgan fingerprint density at radius 3 is 1.79 bits per heavy atom. The lowest BCUT2D eigenvalue weighted by Crippen LogP contribution is -2.12. The highest BCUT2D eigenvalue weighted by molar-refractivity contribution is 5.74. The van der Waals surface area contributed by atoms with Crippen LogP contribution in [0.5, 0.6) is 11.5 Å². The van der Waals surface area contributed by atoms with Gasteiger partial charge in [-0.15, -0.1) is 0 Å². The summed E-state index contributed by atoms with van der Waals surface area (Å²) in [4.78, 5) is 24.0. The van der Waals surface area contributed by atoms with Gasteiger partial charge in [-0.2, -0.15) is 0 Å². The van der Waals surface area contributed by atoms with Gasteiger partial charge in [0.2, 0.25) is 0 Å². The average Bonchev–Trinajstić information content (AvgIpc) is 2.78. The second-order valence-electron chi connectivity index (χ2n) is 9.05. The summed E-state index contributed by atoms with van der Waals surface area (Å²) >= 11 is 0. The van der Waals surface area contributed by atoms with Gasteiger partial charge in [0.15, 0.2) is 11.5 Å². The van der Waals surface area contributed by atoms with Crippen LogP contribution in [0, 0.1) is 0 Å². The molecule has 1 aromatic carbocycles. The van der Waals surface area contributed by atoms with Gasteiger partial charge in [0.05, 0.1) is 12.7 Å². The molecule has 0 N–H and O–H groups in total. The maximum atomic E-state index is 12.1. The number of benzene rings is 1. The van der Waals surface area contributed by atoms with Gasteiger partial charge in [-0.25, -0.2) is 0 Å². The van der Waals surface area contributed by atoms with Crippen LogP contribution in [-0.2, 0) is 14.3 Å². The molecule has 0 aliphatic carbocycles. The average molecular weight is 463 g/mol. The van der Waals surface area contributed by atoms with Gasteiger partial charge in [-0.3, -0.25) is 9.59 Å². The van der Waals surface area contributed by atoms with Crippen molar-refractivity contribution in [1.82, 2.24) is 0 Å². The van der Waals surface area contributed by atoms with Crippen molar-refractivity contribution in [2.45, 2.75) is 123 Å². The molecule has 1 aromatic rings. The minimum absolute atomic E-state index is 0.00951. The SMILES string of the molecule is CCCCCCCCCCCCCCOC(=O)CCCC(=O)Oc1ccccc1OC(C)C. The van der Waals surface area contributed by atoms with Crippen LogP contribution in [0.2, 0.25) is 0 Å². The zero-order valence-corrected chi connectivity index (χ0v) is 21.2. The van der Waals surface area contributed by atoms with Crippen LogP contribution in [0.25, 0.3) is 0 Å². The first kappa shape index (κ1) is 29.0. The van der Waals surface area contributed by atoms with Crippen molar-refractivity contribution in [1.29, 1.82) is 0 Å². The Kier molecular flexibility index (Phi) is 17.1. The zero-order valence-electron chi connectivity index (χ0n) is 21.2. The second kappa shape index (κ2) is 19.4. The molecule has 0 heterocycles. The molecule has 5 heteroatoms. The molecule has 0 aliphatic heterocycles. The second-order valence-corrected chi connectivity index (χ2v) is 9.05. The molecule has 0 aromatic heterocycles. The number of unbranched alkanes of at least 4 members (excludes halogenated alkanes) is 11. The third kappa shape index (κ3) is 16.3. The molecule has 0 atom stereocenters. The molecule has 33 heavy (non-hydrogen) atoms. The normalized spacial score (nSPS) is 10.9. The molecule has 188 valence electrons. The van der Waals surface area contributed by atoms with Gasteiger partial charge in [-0.1, -0.05) is 89.7 Å². The first-order valence-corrected chi connectivity index (χ1v) is 13.1. The fourth-order valence-electron chi connectivity index (χ4n) is 3.64. The van der Waals surface area contributed by atoms with Gasteiger partial charge < -0.3 is 14.2 Å². The Balaban J connectivity index is 1.98. The number of esters is 2. The Hall–Kier alpha value is -2.04. The number of ether oxygens (including phenoxy) is 3. The molecule has 0 bridgehead atoms. The molecular formula is C28H46O5. The monoisotopic (exact) mass is 462 g/mol. The van der Waals surface area contributed by atoms with E-state index in [9.17, 15) is 9.59 Å². The largest absolute Gasteiger partial charge is 0.487 e. The summed E-state index contributed by atoms with van der Waals surface area (Å²) in [5.41, 5.74) is 0. The molecule has 0 saturated heterocycles. The van der Waals surface area contributed by atoms with Gasteiger partial charge in [0.25, 0.3) is 0 Å². The highest BCUT2D eigenvalue weighted by atomic mass is 16.6. The smallest absolute Gasteiger partial charge is 0.311 e. The predicted octanol–water partition coefficient (Wildman–Crippen LogP) is 7.79. The Morgan fingerprint density at radius 2 is 1.21 bits per heavy atom. The summed E-state index contributed by atoms with van der Waals surface area (Å²) in [5, 5.41) is 0. The number of hydrogen-bond acceptors (Lipinski definition) is 5. The summed E-state index contributed by atoms with van der Waals surface area (Å²) in [7, 11) is 0. The van der Waals surface area contributed by atoms with E-state index in [1.54, 1.807) is 18.2 Å². The number of hydrogen-bond donors (Lipinski definition) is 0. The van der Waals surface area contributed by atoms with Gasteiger partial charge in [0.1, 0.15) is 0 Å². The van der Waals surface area contributed by atoms with E-state index in [1.165, 1.54) is 64.2 Å². The summed E-state index contributed by atoms with van der Waals surface area (Å²) in [6.07, 6.45) is 16.2. The minimum atomic E-state index is -0.372. The van der Waals surface area contributed by atoms with Crippen LogP contribution >= 0.6 is 0 Å². The summed E-state index contributed by atoms with van der Waals surface area (Å²) in [6.45, 7) is 6.57. The van der Waals surface area contributed by atoms with E-state index >= 15 is 0 Å². The van der Waals surface area contributed by atoms with Crippen LogP contribution < -0.4 is 9.47 Å². The number of para-hydroxylation sites is 2. The maximum Gasteiger partial charge on any atom is 0.311 e. The topological polar surface area (TPSA) is 61.8 Å². The van der Waals surface area contributed by atoms with Crippen molar-refractivity contribution in [2.24, 2.45) is 0 Å². The molecule has 1 rings (SSSR count). The number of carbonyl (C=O) groups excluding carboxylic acids is 2. The maximum absolute atomic E-state index is 12.1. The molecular weight excluding hydrogens is 416 g/mol. The fraction of sp³-hybridized carbons (Fsp3) is 0.714. The molecule has 5 nitrogen and oxygen atoms in total. The quantitative estimate of drug-likeness (QED) is 0.112. The van der Waals surface area contributed by atoms with E-state index in [0.29, 0.717) is 24.5 Å². The lowest BCUT2D eigenvalue weighted by Gasteiger charge is -2.13. The summed E-state index contributed by atoms with van der Waals surface area (Å²) in [6, 6.07) is 7.11. The molecule has 0 saturated carbocycles. The summed E-state index contributed by atoms with van der Waals surface area (Å²) in [5.74, 6) is 0.339. The van der Waals surface area contributed by atoms with Crippen molar-refractivity contribution in [3.8, 4) is 11.5 Å². The molecule has 0 radical (unpaired) electrons. The molecule has 0 unspecified atom stereocenters. The van der Waals surface area contributed by atoms with E-state index in [-0.39, 0.29) is 30.9 Å². The molecule has 0 spiro atoms. The van der Waals surface area contributed by atoms with Crippen LogP contribution in [-0.4, -0.2) is 24.6 Å².